The first-order chi connectivity index (χ1) is 8.19. The molecule has 0 saturated heterocycles. The van der Waals surface area contributed by atoms with E-state index in [9.17, 15) is 4.79 Å². The van der Waals surface area contributed by atoms with Crippen molar-refractivity contribution in [2.45, 2.75) is 64.8 Å². The molecule has 1 aliphatic rings. The second-order valence-corrected chi connectivity index (χ2v) is 5.40. The van der Waals surface area contributed by atoms with Crippen LogP contribution < -0.4 is 11.1 Å². The Labute approximate surface area is 106 Å². The van der Waals surface area contributed by atoms with E-state index in [1.54, 1.807) is 0 Å². The highest BCUT2D eigenvalue weighted by Gasteiger charge is 2.26. The van der Waals surface area contributed by atoms with Gasteiger partial charge in [-0.15, -0.1) is 0 Å². The Morgan fingerprint density at radius 3 is 2.76 bits per heavy atom. The van der Waals surface area contributed by atoms with Crippen LogP contribution in [-0.2, 0) is 4.79 Å². The van der Waals surface area contributed by atoms with E-state index in [-0.39, 0.29) is 11.8 Å². The van der Waals surface area contributed by atoms with Gasteiger partial charge < -0.3 is 11.1 Å². The number of carbonyl (C=O) groups is 1. The van der Waals surface area contributed by atoms with Crippen LogP contribution in [0.1, 0.15) is 58.8 Å². The topological polar surface area (TPSA) is 55.1 Å². The van der Waals surface area contributed by atoms with Crippen LogP contribution in [0, 0.1) is 11.8 Å². The largest absolute Gasteiger partial charge is 0.353 e. The Balaban J connectivity index is 2.37. The second-order valence-electron chi connectivity index (χ2n) is 5.40. The lowest BCUT2D eigenvalue weighted by Gasteiger charge is -2.32. The molecule has 0 bridgehead atoms. The molecular weight excluding hydrogens is 212 g/mol. The van der Waals surface area contributed by atoms with E-state index in [0.29, 0.717) is 18.5 Å². The average molecular weight is 240 g/mol. The minimum atomic E-state index is 0.109. The van der Waals surface area contributed by atoms with E-state index in [4.69, 9.17) is 5.73 Å². The normalized spacial score (nSPS) is 26.5. The molecule has 1 rings (SSSR count). The van der Waals surface area contributed by atoms with Crippen LogP contribution in [0.15, 0.2) is 0 Å². The molecule has 100 valence electrons. The highest BCUT2D eigenvalue weighted by molar-refractivity contribution is 5.78. The first-order valence-electron chi connectivity index (χ1n) is 7.19. The van der Waals surface area contributed by atoms with Crippen molar-refractivity contribution in [1.82, 2.24) is 5.32 Å². The van der Waals surface area contributed by atoms with Crippen molar-refractivity contribution in [3.8, 4) is 0 Å². The summed E-state index contributed by atoms with van der Waals surface area (Å²) in [5, 5.41) is 3.25. The van der Waals surface area contributed by atoms with Crippen LogP contribution in [0.4, 0.5) is 0 Å². The fourth-order valence-corrected chi connectivity index (χ4v) is 2.77. The molecule has 1 saturated carbocycles. The fraction of sp³-hybridized carbons (Fsp3) is 0.929. The van der Waals surface area contributed by atoms with E-state index in [0.717, 1.165) is 19.3 Å². The molecule has 3 atom stereocenters. The van der Waals surface area contributed by atoms with Crippen molar-refractivity contribution >= 4 is 5.91 Å². The van der Waals surface area contributed by atoms with E-state index in [1.165, 1.54) is 25.7 Å². The zero-order valence-corrected chi connectivity index (χ0v) is 11.4. The van der Waals surface area contributed by atoms with Crippen LogP contribution in [0.2, 0.25) is 0 Å². The van der Waals surface area contributed by atoms with Crippen molar-refractivity contribution in [2.75, 3.05) is 6.54 Å². The molecule has 1 fully saturated rings. The third-order valence-electron chi connectivity index (χ3n) is 4.05. The van der Waals surface area contributed by atoms with E-state index < -0.39 is 0 Å². The maximum absolute atomic E-state index is 12.0. The third-order valence-corrected chi connectivity index (χ3v) is 4.05. The van der Waals surface area contributed by atoms with Gasteiger partial charge in [-0.05, 0) is 38.1 Å². The molecule has 0 aromatic carbocycles. The predicted octanol–water partition coefficient (Wildman–Crippen LogP) is 2.45. The highest BCUT2D eigenvalue weighted by Crippen LogP contribution is 2.27. The number of hydrogen-bond donors (Lipinski definition) is 2. The van der Waals surface area contributed by atoms with Crippen LogP contribution in [-0.4, -0.2) is 18.5 Å². The molecule has 1 aliphatic carbocycles. The third kappa shape index (κ3) is 4.66. The van der Waals surface area contributed by atoms with Gasteiger partial charge in [0.25, 0.3) is 0 Å². The molecule has 0 aliphatic heterocycles. The highest BCUT2D eigenvalue weighted by atomic mass is 16.1. The molecule has 3 heteroatoms. The van der Waals surface area contributed by atoms with E-state index in [2.05, 4.69) is 12.2 Å². The van der Waals surface area contributed by atoms with Crippen molar-refractivity contribution < 1.29 is 4.79 Å². The van der Waals surface area contributed by atoms with Gasteiger partial charge in [-0.1, -0.05) is 33.1 Å². The number of amides is 1. The zero-order chi connectivity index (χ0) is 12.7. The summed E-state index contributed by atoms with van der Waals surface area (Å²) in [6.45, 7) is 4.92. The minimum absolute atomic E-state index is 0.109. The summed E-state index contributed by atoms with van der Waals surface area (Å²) >= 11 is 0. The van der Waals surface area contributed by atoms with Crippen LogP contribution >= 0.6 is 0 Å². The van der Waals surface area contributed by atoms with Gasteiger partial charge in [-0.3, -0.25) is 4.79 Å². The molecule has 0 radical (unpaired) electrons. The van der Waals surface area contributed by atoms with Crippen molar-refractivity contribution in [3.05, 3.63) is 0 Å². The van der Waals surface area contributed by atoms with Gasteiger partial charge in [-0.25, -0.2) is 0 Å². The maximum atomic E-state index is 12.0. The molecule has 17 heavy (non-hydrogen) atoms. The average Bonchev–Trinajstić information content (AvgIpc) is 2.36. The second kappa shape index (κ2) is 7.70. The molecular formula is C14H28N2O. The van der Waals surface area contributed by atoms with Gasteiger partial charge in [0.2, 0.25) is 5.91 Å². The first kappa shape index (κ1) is 14.5. The quantitative estimate of drug-likeness (QED) is 0.749. The maximum Gasteiger partial charge on any atom is 0.223 e. The van der Waals surface area contributed by atoms with Gasteiger partial charge in [0, 0.05) is 12.0 Å². The van der Waals surface area contributed by atoms with Crippen molar-refractivity contribution in [1.29, 1.82) is 0 Å². The lowest BCUT2D eigenvalue weighted by molar-refractivity contribution is -0.126. The summed E-state index contributed by atoms with van der Waals surface area (Å²) in [6, 6.07) is 0.418. The SMILES string of the molecule is CCC1CCCCC1NC(=O)C(C)CCCN. The van der Waals surface area contributed by atoms with E-state index >= 15 is 0 Å². The summed E-state index contributed by atoms with van der Waals surface area (Å²) in [5.41, 5.74) is 5.47. The molecule has 0 aromatic rings. The number of nitrogens with two attached hydrogens (primary N) is 1. The molecule has 3 unspecified atom stereocenters. The summed E-state index contributed by atoms with van der Waals surface area (Å²) < 4.78 is 0. The number of rotatable bonds is 6. The fourth-order valence-electron chi connectivity index (χ4n) is 2.77. The van der Waals surface area contributed by atoms with Gasteiger partial charge in [0.1, 0.15) is 0 Å². The van der Waals surface area contributed by atoms with Crippen molar-refractivity contribution in [2.24, 2.45) is 17.6 Å². The van der Waals surface area contributed by atoms with Crippen LogP contribution in [0.5, 0.6) is 0 Å². The smallest absolute Gasteiger partial charge is 0.223 e. The standard InChI is InChI=1S/C14H28N2O/c1-3-12-8-4-5-9-13(12)16-14(17)11(2)7-6-10-15/h11-13H,3-10,15H2,1-2H3,(H,16,17). The lowest BCUT2D eigenvalue weighted by atomic mass is 9.82. The molecule has 1 amide bonds. The summed E-state index contributed by atoms with van der Waals surface area (Å²) in [5.74, 6) is 1.02. The van der Waals surface area contributed by atoms with Gasteiger partial charge >= 0.3 is 0 Å². The number of nitrogens with one attached hydrogen (secondary N) is 1. The number of carbonyl (C=O) groups excluding carboxylic acids is 1. The minimum Gasteiger partial charge on any atom is -0.353 e. The van der Waals surface area contributed by atoms with Gasteiger partial charge in [-0.2, -0.15) is 0 Å². The Bertz CT molecular complexity index is 230. The van der Waals surface area contributed by atoms with Gasteiger partial charge in [0.05, 0.1) is 0 Å². The summed E-state index contributed by atoms with van der Waals surface area (Å²) in [6.07, 6.45) is 8.06. The Morgan fingerprint density at radius 1 is 1.41 bits per heavy atom. The molecule has 3 N–H and O–H groups in total. The monoisotopic (exact) mass is 240 g/mol. The summed E-state index contributed by atoms with van der Waals surface area (Å²) in [4.78, 5) is 12.0. The molecule has 0 heterocycles. The number of hydrogen-bond acceptors (Lipinski definition) is 2. The van der Waals surface area contributed by atoms with Gasteiger partial charge in [0.15, 0.2) is 0 Å². The van der Waals surface area contributed by atoms with Crippen LogP contribution in [0.25, 0.3) is 0 Å². The Hall–Kier alpha value is -0.570. The Morgan fingerprint density at radius 2 is 2.12 bits per heavy atom. The van der Waals surface area contributed by atoms with Crippen LogP contribution in [0.3, 0.4) is 0 Å². The molecule has 3 nitrogen and oxygen atoms in total. The van der Waals surface area contributed by atoms with E-state index in [1.807, 2.05) is 6.92 Å². The molecule has 0 aromatic heterocycles. The van der Waals surface area contributed by atoms with Crippen molar-refractivity contribution in [3.63, 3.8) is 0 Å². The molecule has 0 spiro atoms. The zero-order valence-electron chi connectivity index (χ0n) is 11.4. The predicted molar refractivity (Wildman–Crippen MR) is 71.6 cm³/mol. The summed E-state index contributed by atoms with van der Waals surface area (Å²) in [7, 11) is 0. The first-order valence-corrected chi connectivity index (χ1v) is 7.19. The Kier molecular flexibility index (Phi) is 6.56. The lowest BCUT2D eigenvalue weighted by Crippen LogP contribution is -2.44.